The van der Waals surface area contributed by atoms with Crippen LogP contribution in [0.4, 0.5) is 4.39 Å². The van der Waals surface area contributed by atoms with Crippen LogP contribution in [0.25, 0.3) is 0 Å². The third-order valence-electron chi connectivity index (χ3n) is 3.84. The number of amides is 2. The molecule has 1 N–H and O–H groups in total. The lowest BCUT2D eigenvalue weighted by Crippen LogP contribution is -2.47. The Balaban J connectivity index is 1.69. The molecule has 2 amide bonds. The molecule has 0 spiro atoms. The third-order valence-corrected chi connectivity index (χ3v) is 3.84. The highest BCUT2D eigenvalue weighted by atomic mass is 19.1. The fourth-order valence-electron chi connectivity index (χ4n) is 2.62. The molecule has 0 aliphatic carbocycles. The third kappa shape index (κ3) is 5.54. The maximum absolute atomic E-state index is 13.0. The Kier molecular flexibility index (Phi) is 6.38. The summed E-state index contributed by atoms with van der Waals surface area (Å²) in [5.41, 5.74) is 0. The van der Waals surface area contributed by atoms with E-state index in [0.717, 1.165) is 19.3 Å². The molecule has 1 aromatic carbocycles. The number of benzene rings is 1. The van der Waals surface area contributed by atoms with Crippen LogP contribution in [0.2, 0.25) is 0 Å². The summed E-state index contributed by atoms with van der Waals surface area (Å²) in [6.45, 7) is 3.20. The molecule has 1 saturated heterocycles. The summed E-state index contributed by atoms with van der Waals surface area (Å²) in [6, 6.07) is 5.76. The molecule has 1 aromatic rings. The van der Waals surface area contributed by atoms with Crippen LogP contribution >= 0.6 is 0 Å². The summed E-state index contributed by atoms with van der Waals surface area (Å²) < 4.78 is 18.3. The van der Waals surface area contributed by atoms with Crippen LogP contribution < -0.4 is 10.1 Å². The molecule has 1 aliphatic rings. The van der Waals surface area contributed by atoms with Gasteiger partial charge in [0.05, 0.1) is 0 Å². The van der Waals surface area contributed by atoms with Gasteiger partial charge in [-0.15, -0.1) is 0 Å². The molecule has 1 aliphatic heterocycles. The molecule has 1 heterocycles. The zero-order valence-electron chi connectivity index (χ0n) is 13.4. The van der Waals surface area contributed by atoms with E-state index in [1.807, 2.05) is 11.8 Å². The standard InChI is InChI=1S/C17H23FN2O3/c1-2-4-17(22)20-9-7-14(8-10-20)19-16(21)12-23-15-6-3-5-13(18)11-15/h3,5-6,11,14H,2,4,7-10,12H2,1H3,(H,19,21). The Morgan fingerprint density at radius 2 is 2.09 bits per heavy atom. The number of halogens is 1. The van der Waals surface area contributed by atoms with E-state index in [2.05, 4.69) is 5.32 Å². The minimum atomic E-state index is -0.396. The van der Waals surface area contributed by atoms with Crippen LogP contribution in [0.1, 0.15) is 32.6 Å². The van der Waals surface area contributed by atoms with Crippen molar-refractivity contribution in [3.05, 3.63) is 30.1 Å². The number of nitrogens with zero attached hydrogens (tertiary/aromatic N) is 1. The van der Waals surface area contributed by atoms with Crippen LogP contribution in [0.15, 0.2) is 24.3 Å². The Morgan fingerprint density at radius 3 is 2.74 bits per heavy atom. The topological polar surface area (TPSA) is 58.6 Å². The fraction of sp³-hybridized carbons (Fsp3) is 0.529. The molecule has 0 unspecified atom stereocenters. The highest BCUT2D eigenvalue weighted by Crippen LogP contribution is 2.13. The largest absolute Gasteiger partial charge is 0.484 e. The van der Waals surface area contributed by atoms with Gasteiger partial charge in [-0.25, -0.2) is 4.39 Å². The SMILES string of the molecule is CCCC(=O)N1CCC(NC(=O)COc2cccc(F)c2)CC1. The predicted octanol–water partition coefficient (Wildman–Crippen LogP) is 2.11. The first-order valence-electron chi connectivity index (χ1n) is 8.04. The van der Waals surface area contributed by atoms with Gasteiger partial charge in [-0.2, -0.15) is 0 Å². The lowest BCUT2D eigenvalue weighted by Gasteiger charge is -2.32. The zero-order chi connectivity index (χ0) is 16.7. The second-order valence-corrected chi connectivity index (χ2v) is 5.72. The van der Waals surface area contributed by atoms with Crippen LogP contribution in [0, 0.1) is 5.82 Å². The van der Waals surface area contributed by atoms with Gasteiger partial charge in [0.2, 0.25) is 5.91 Å². The maximum Gasteiger partial charge on any atom is 0.258 e. The quantitative estimate of drug-likeness (QED) is 0.873. The number of rotatable bonds is 6. The molecule has 1 fully saturated rings. The Bertz CT molecular complexity index is 542. The molecular weight excluding hydrogens is 299 g/mol. The van der Waals surface area contributed by atoms with Crippen LogP contribution in [-0.4, -0.2) is 42.5 Å². The van der Waals surface area contributed by atoms with Gasteiger partial charge >= 0.3 is 0 Å². The molecule has 23 heavy (non-hydrogen) atoms. The van der Waals surface area contributed by atoms with Gasteiger partial charge in [0.25, 0.3) is 5.91 Å². The van der Waals surface area contributed by atoms with Gasteiger partial charge in [-0.3, -0.25) is 9.59 Å². The van der Waals surface area contributed by atoms with E-state index in [4.69, 9.17) is 4.74 Å². The van der Waals surface area contributed by atoms with Gasteiger partial charge in [0, 0.05) is 31.6 Å². The van der Waals surface area contributed by atoms with Gasteiger partial charge in [-0.1, -0.05) is 13.0 Å². The van der Waals surface area contributed by atoms with Crippen LogP contribution in [0.3, 0.4) is 0 Å². The monoisotopic (exact) mass is 322 g/mol. The van der Waals surface area contributed by atoms with Gasteiger partial charge < -0.3 is 15.0 Å². The number of likely N-dealkylation sites (tertiary alicyclic amines) is 1. The second kappa shape index (κ2) is 8.50. The minimum Gasteiger partial charge on any atom is -0.484 e. The highest BCUT2D eigenvalue weighted by Gasteiger charge is 2.23. The number of carbonyl (C=O) groups is 2. The fourth-order valence-corrected chi connectivity index (χ4v) is 2.62. The first-order valence-corrected chi connectivity index (χ1v) is 8.04. The normalized spacial score (nSPS) is 15.3. The van der Waals surface area contributed by atoms with Crippen LogP contribution in [0.5, 0.6) is 5.75 Å². The van der Waals surface area contributed by atoms with Crippen molar-refractivity contribution in [3.63, 3.8) is 0 Å². The molecule has 0 aromatic heterocycles. The van der Waals surface area contributed by atoms with Crippen molar-refractivity contribution in [2.75, 3.05) is 19.7 Å². The van der Waals surface area contributed by atoms with Crippen molar-refractivity contribution in [1.82, 2.24) is 10.2 Å². The van der Waals surface area contributed by atoms with E-state index < -0.39 is 5.82 Å². The molecule has 5 nitrogen and oxygen atoms in total. The average Bonchev–Trinajstić information content (AvgIpc) is 2.54. The molecular formula is C17H23FN2O3. The second-order valence-electron chi connectivity index (χ2n) is 5.72. The maximum atomic E-state index is 13.0. The first kappa shape index (κ1) is 17.2. The summed E-state index contributed by atoms with van der Waals surface area (Å²) in [6.07, 6.45) is 2.94. The zero-order valence-corrected chi connectivity index (χ0v) is 13.4. The van der Waals surface area contributed by atoms with Crippen molar-refractivity contribution >= 4 is 11.8 Å². The summed E-state index contributed by atoms with van der Waals surface area (Å²) >= 11 is 0. The smallest absolute Gasteiger partial charge is 0.258 e. The van der Waals surface area contributed by atoms with Gasteiger partial charge in [-0.05, 0) is 31.4 Å². The molecule has 126 valence electrons. The summed E-state index contributed by atoms with van der Waals surface area (Å²) in [5.74, 6) is -0.105. The van der Waals surface area contributed by atoms with Crippen molar-refractivity contribution in [1.29, 1.82) is 0 Å². The van der Waals surface area contributed by atoms with E-state index in [1.165, 1.54) is 18.2 Å². The number of piperidine rings is 1. The minimum absolute atomic E-state index is 0.0595. The lowest BCUT2D eigenvalue weighted by atomic mass is 10.0. The van der Waals surface area contributed by atoms with E-state index in [-0.39, 0.29) is 24.5 Å². The molecule has 0 saturated carbocycles. The van der Waals surface area contributed by atoms with Crippen molar-refractivity contribution in [3.8, 4) is 5.75 Å². The number of ether oxygens (including phenoxy) is 1. The van der Waals surface area contributed by atoms with Gasteiger partial charge in [0.15, 0.2) is 6.61 Å². The van der Waals surface area contributed by atoms with E-state index in [1.54, 1.807) is 6.07 Å². The number of hydrogen-bond donors (Lipinski definition) is 1. The summed E-state index contributed by atoms with van der Waals surface area (Å²) in [4.78, 5) is 25.5. The lowest BCUT2D eigenvalue weighted by molar-refractivity contribution is -0.132. The highest BCUT2D eigenvalue weighted by molar-refractivity contribution is 5.78. The van der Waals surface area contributed by atoms with Crippen molar-refractivity contribution in [2.45, 2.75) is 38.6 Å². The number of hydrogen-bond acceptors (Lipinski definition) is 3. The van der Waals surface area contributed by atoms with E-state index in [0.29, 0.717) is 25.3 Å². The van der Waals surface area contributed by atoms with Gasteiger partial charge in [0.1, 0.15) is 11.6 Å². The summed E-state index contributed by atoms with van der Waals surface area (Å²) in [7, 11) is 0. The van der Waals surface area contributed by atoms with E-state index in [9.17, 15) is 14.0 Å². The van der Waals surface area contributed by atoms with Crippen molar-refractivity contribution in [2.24, 2.45) is 0 Å². The number of carbonyl (C=O) groups excluding carboxylic acids is 2. The average molecular weight is 322 g/mol. The molecule has 0 atom stereocenters. The Labute approximate surface area is 135 Å². The molecule has 6 heteroatoms. The van der Waals surface area contributed by atoms with Crippen molar-refractivity contribution < 1.29 is 18.7 Å². The van der Waals surface area contributed by atoms with E-state index >= 15 is 0 Å². The first-order chi connectivity index (χ1) is 11.1. The predicted molar refractivity (Wildman–Crippen MR) is 84.5 cm³/mol. The Hall–Kier alpha value is -2.11. The molecule has 0 bridgehead atoms. The molecule has 2 rings (SSSR count). The Morgan fingerprint density at radius 1 is 1.35 bits per heavy atom. The summed E-state index contributed by atoms with van der Waals surface area (Å²) in [5, 5.41) is 2.90. The number of nitrogens with one attached hydrogen (secondary N) is 1. The molecule has 0 radical (unpaired) electrons. The van der Waals surface area contributed by atoms with Crippen LogP contribution in [-0.2, 0) is 9.59 Å².